The molecule has 0 spiro atoms. The molecule has 1 unspecified atom stereocenters. The highest BCUT2D eigenvalue weighted by atomic mass is 35.5. The van der Waals surface area contributed by atoms with Gasteiger partial charge >= 0.3 is 5.97 Å². The summed E-state index contributed by atoms with van der Waals surface area (Å²) in [5, 5.41) is 10.3. The summed E-state index contributed by atoms with van der Waals surface area (Å²) in [6, 6.07) is 5.42. The maximum atomic E-state index is 11.0. The Balaban J connectivity index is 2.02. The van der Waals surface area contributed by atoms with Gasteiger partial charge in [0.1, 0.15) is 0 Å². The van der Waals surface area contributed by atoms with Gasteiger partial charge in [0.05, 0.1) is 5.92 Å². The van der Waals surface area contributed by atoms with E-state index in [0.29, 0.717) is 23.1 Å². The standard InChI is InChI=1S/C13H15Cl2NO2/c14-11-4-3-9(12(15)6-11)7-16-5-1-2-10(8-16)13(17)18/h3-4,6,10H,1-2,5,7-8H2,(H,17,18). The molecule has 18 heavy (non-hydrogen) atoms. The molecule has 98 valence electrons. The van der Waals surface area contributed by atoms with Gasteiger partial charge in [-0.2, -0.15) is 0 Å². The number of likely N-dealkylation sites (tertiary alicyclic amines) is 1. The molecular weight excluding hydrogens is 273 g/mol. The largest absolute Gasteiger partial charge is 0.481 e. The van der Waals surface area contributed by atoms with Crippen molar-refractivity contribution in [2.45, 2.75) is 19.4 Å². The van der Waals surface area contributed by atoms with Gasteiger partial charge in [0.15, 0.2) is 0 Å². The highest BCUT2D eigenvalue weighted by molar-refractivity contribution is 6.35. The zero-order valence-electron chi connectivity index (χ0n) is 9.90. The van der Waals surface area contributed by atoms with Crippen molar-refractivity contribution in [1.29, 1.82) is 0 Å². The summed E-state index contributed by atoms with van der Waals surface area (Å²) in [5.74, 6) is -0.966. The summed E-state index contributed by atoms with van der Waals surface area (Å²) in [5.41, 5.74) is 0.993. The van der Waals surface area contributed by atoms with Crippen LogP contribution in [0, 0.1) is 5.92 Å². The molecule has 1 saturated heterocycles. The highest BCUT2D eigenvalue weighted by Crippen LogP contribution is 2.24. The Labute approximate surface area is 116 Å². The van der Waals surface area contributed by atoms with Crippen molar-refractivity contribution < 1.29 is 9.90 Å². The van der Waals surface area contributed by atoms with Gasteiger partial charge in [-0.15, -0.1) is 0 Å². The molecule has 1 aliphatic heterocycles. The number of carbonyl (C=O) groups is 1. The third kappa shape index (κ3) is 3.37. The van der Waals surface area contributed by atoms with Gasteiger partial charge in [-0.3, -0.25) is 9.69 Å². The third-order valence-electron chi connectivity index (χ3n) is 3.26. The molecule has 3 nitrogen and oxygen atoms in total. The Hall–Kier alpha value is -0.770. The number of carboxylic acid groups (broad SMARTS) is 1. The van der Waals surface area contributed by atoms with Crippen LogP contribution < -0.4 is 0 Å². The van der Waals surface area contributed by atoms with Crippen molar-refractivity contribution in [2.24, 2.45) is 5.92 Å². The SMILES string of the molecule is O=C(O)C1CCCN(Cc2ccc(Cl)cc2Cl)C1. The van der Waals surface area contributed by atoms with E-state index in [0.717, 1.165) is 24.9 Å². The Kier molecular flexibility index (Phi) is 4.49. The van der Waals surface area contributed by atoms with E-state index in [2.05, 4.69) is 4.90 Å². The zero-order chi connectivity index (χ0) is 13.1. The van der Waals surface area contributed by atoms with Crippen molar-refractivity contribution >= 4 is 29.2 Å². The first-order valence-corrected chi connectivity index (χ1v) is 6.71. The van der Waals surface area contributed by atoms with Crippen LogP contribution in [0.1, 0.15) is 18.4 Å². The first-order valence-electron chi connectivity index (χ1n) is 5.95. The summed E-state index contributed by atoms with van der Waals surface area (Å²) < 4.78 is 0. The van der Waals surface area contributed by atoms with Crippen molar-refractivity contribution in [2.75, 3.05) is 13.1 Å². The van der Waals surface area contributed by atoms with Gasteiger partial charge in [-0.25, -0.2) is 0 Å². The molecule has 0 saturated carbocycles. The molecule has 1 aromatic rings. The van der Waals surface area contributed by atoms with Crippen molar-refractivity contribution in [3.05, 3.63) is 33.8 Å². The van der Waals surface area contributed by atoms with Gasteiger partial charge < -0.3 is 5.11 Å². The molecule has 1 atom stereocenters. The lowest BCUT2D eigenvalue weighted by molar-refractivity contribution is -0.143. The van der Waals surface area contributed by atoms with Crippen LogP contribution in [-0.2, 0) is 11.3 Å². The summed E-state index contributed by atoms with van der Waals surface area (Å²) in [6.45, 7) is 2.19. The summed E-state index contributed by atoms with van der Waals surface area (Å²) in [4.78, 5) is 13.1. The quantitative estimate of drug-likeness (QED) is 0.927. The maximum absolute atomic E-state index is 11.0. The van der Waals surface area contributed by atoms with Crippen molar-refractivity contribution in [3.63, 3.8) is 0 Å². The van der Waals surface area contributed by atoms with Crippen LogP contribution in [0.4, 0.5) is 0 Å². The van der Waals surface area contributed by atoms with E-state index in [1.165, 1.54) is 0 Å². The Morgan fingerprint density at radius 1 is 1.44 bits per heavy atom. The molecule has 2 rings (SSSR count). The predicted molar refractivity (Wildman–Crippen MR) is 72.1 cm³/mol. The lowest BCUT2D eigenvalue weighted by Gasteiger charge is -2.30. The lowest BCUT2D eigenvalue weighted by Crippen LogP contribution is -2.38. The minimum atomic E-state index is -0.707. The molecule has 0 aromatic heterocycles. The second kappa shape index (κ2) is 5.91. The second-order valence-electron chi connectivity index (χ2n) is 4.65. The number of carboxylic acids is 1. The van der Waals surface area contributed by atoms with Gasteiger partial charge in [0.2, 0.25) is 0 Å². The summed E-state index contributed by atoms with van der Waals surface area (Å²) in [6.07, 6.45) is 1.68. The predicted octanol–water partition coefficient (Wildman–Crippen LogP) is 3.29. The monoisotopic (exact) mass is 287 g/mol. The molecule has 0 radical (unpaired) electrons. The van der Waals surface area contributed by atoms with E-state index in [9.17, 15) is 4.79 Å². The molecule has 5 heteroatoms. The first-order chi connectivity index (χ1) is 8.56. The number of hydrogen-bond donors (Lipinski definition) is 1. The van der Waals surface area contributed by atoms with Gasteiger partial charge in [-0.1, -0.05) is 29.3 Å². The average molecular weight is 288 g/mol. The van der Waals surface area contributed by atoms with Crippen LogP contribution in [0.25, 0.3) is 0 Å². The minimum Gasteiger partial charge on any atom is -0.481 e. The molecule has 1 fully saturated rings. The molecule has 1 aliphatic rings. The molecular formula is C13H15Cl2NO2. The van der Waals surface area contributed by atoms with E-state index in [1.54, 1.807) is 12.1 Å². The Morgan fingerprint density at radius 3 is 2.89 bits per heavy atom. The average Bonchev–Trinajstić information content (AvgIpc) is 2.33. The minimum absolute atomic E-state index is 0.259. The van der Waals surface area contributed by atoms with Crippen LogP contribution >= 0.6 is 23.2 Å². The summed E-state index contributed by atoms with van der Waals surface area (Å²) in [7, 11) is 0. The van der Waals surface area contributed by atoms with E-state index in [-0.39, 0.29) is 5.92 Å². The fourth-order valence-electron chi connectivity index (χ4n) is 2.29. The van der Waals surface area contributed by atoms with Gasteiger partial charge in [0, 0.05) is 23.1 Å². The molecule has 0 bridgehead atoms. The van der Waals surface area contributed by atoms with Crippen molar-refractivity contribution in [1.82, 2.24) is 4.90 Å². The number of hydrogen-bond acceptors (Lipinski definition) is 2. The lowest BCUT2D eigenvalue weighted by atomic mass is 9.98. The molecule has 0 amide bonds. The smallest absolute Gasteiger partial charge is 0.307 e. The number of aliphatic carboxylic acids is 1. The van der Waals surface area contributed by atoms with Crippen LogP contribution in [0.3, 0.4) is 0 Å². The Morgan fingerprint density at radius 2 is 2.22 bits per heavy atom. The van der Waals surface area contributed by atoms with Crippen LogP contribution in [-0.4, -0.2) is 29.1 Å². The van der Waals surface area contributed by atoms with Gasteiger partial charge in [-0.05, 0) is 37.1 Å². The zero-order valence-corrected chi connectivity index (χ0v) is 11.4. The van der Waals surface area contributed by atoms with E-state index >= 15 is 0 Å². The topological polar surface area (TPSA) is 40.5 Å². The number of rotatable bonds is 3. The maximum Gasteiger partial charge on any atom is 0.307 e. The highest BCUT2D eigenvalue weighted by Gasteiger charge is 2.25. The number of halogens is 2. The Bertz CT molecular complexity index is 451. The molecule has 1 N–H and O–H groups in total. The van der Waals surface area contributed by atoms with Crippen LogP contribution in [0.2, 0.25) is 10.0 Å². The number of benzene rings is 1. The molecule has 1 heterocycles. The van der Waals surface area contributed by atoms with Crippen LogP contribution in [0.5, 0.6) is 0 Å². The van der Waals surface area contributed by atoms with Crippen LogP contribution in [0.15, 0.2) is 18.2 Å². The molecule has 0 aliphatic carbocycles. The van der Waals surface area contributed by atoms with E-state index in [4.69, 9.17) is 28.3 Å². The van der Waals surface area contributed by atoms with Crippen molar-refractivity contribution in [3.8, 4) is 0 Å². The fourth-order valence-corrected chi connectivity index (χ4v) is 2.76. The number of nitrogens with zero attached hydrogens (tertiary/aromatic N) is 1. The van der Waals surface area contributed by atoms with Gasteiger partial charge in [0.25, 0.3) is 0 Å². The summed E-state index contributed by atoms with van der Waals surface area (Å²) >= 11 is 12.0. The normalized spacial score (nSPS) is 20.9. The van der Waals surface area contributed by atoms with E-state index < -0.39 is 5.97 Å². The molecule has 1 aromatic carbocycles. The third-order valence-corrected chi connectivity index (χ3v) is 3.85. The fraction of sp³-hybridized carbons (Fsp3) is 0.462. The number of piperidine rings is 1. The van der Waals surface area contributed by atoms with E-state index in [1.807, 2.05) is 6.07 Å². The second-order valence-corrected chi connectivity index (χ2v) is 5.49. The first kappa shape index (κ1) is 13.7.